The van der Waals surface area contributed by atoms with Crippen LogP contribution in [0.3, 0.4) is 0 Å². The van der Waals surface area contributed by atoms with E-state index < -0.39 is 10.0 Å². The molecule has 26 heavy (non-hydrogen) atoms. The van der Waals surface area contributed by atoms with Crippen LogP contribution in [0.5, 0.6) is 0 Å². The van der Waals surface area contributed by atoms with Crippen LogP contribution in [0, 0.1) is 0 Å². The zero-order valence-corrected chi connectivity index (χ0v) is 15.0. The number of amides is 2. The van der Waals surface area contributed by atoms with Crippen molar-refractivity contribution in [3.8, 4) is 0 Å². The highest BCUT2D eigenvalue weighted by Gasteiger charge is 2.07. The second-order valence-corrected chi connectivity index (χ2v) is 7.16. The molecule has 0 aliphatic rings. The average Bonchev–Trinajstić information content (AvgIpc) is 2.56. The number of carbonyl (C=O) groups excluding carboxylic acids is 2. The fraction of sp³-hybridized carbons (Fsp3) is 0.176. The molecular formula is C17H20N4O4S. The minimum absolute atomic E-state index is 0.0432. The van der Waals surface area contributed by atoms with Gasteiger partial charge in [-0.25, -0.2) is 13.6 Å². The third kappa shape index (κ3) is 6.28. The lowest BCUT2D eigenvalue weighted by atomic mass is 10.2. The molecule has 0 aliphatic heterocycles. The highest BCUT2D eigenvalue weighted by molar-refractivity contribution is 7.89. The Hall–Kier alpha value is -2.75. The maximum atomic E-state index is 11.9. The summed E-state index contributed by atoms with van der Waals surface area (Å²) < 4.78 is 22.4. The van der Waals surface area contributed by atoms with Gasteiger partial charge in [0.25, 0.3) is 0 Å². The number of hydrogen-bond acceptors (Lipinski definition) is 5. The number of primary sulfonamides is 1. The normalized spacial score (nSPS) is 11.0. The third-order valence-electron chi connectivity index (χ3n) is 3.36. The topological polar surface area (TPSA) is 130 Å². The number of rotatable bonds is 7. The number of nitrogens with one attached hydrogen (secondary N) is 3. The summed E-state index contributed by atoms with van der Waals surface area (Å²) in [6.07, 6.45) is 0. The number of sulfonamides is 1. The maximum absolute atomic E-state index is 11.9. The van der Waals surface area contributed by atoms with Gasteiger partial charge in [0.15, 0.2) is 0 Å². The van der Waals surface area contributed by atoms with E-state index in [4.69, 9.17) is 5.14 Å². The first kappa shape index (κ1) is 19.6. The van der Waals surface area contributed by atoms with E-state index in [0.29, 0.717) is 17.9 Å². The summed E-state index contributed by atoms with van der Waals surface area (Å²) in [4.78, 5) is 22.9. The van der Waals surface area contributed by atoms with Crippen LogP contribution in [0.2, 0.25) is 0 Å². The second-order valence-electron chi connectivity index (χ2n) is 5.60. The van der Waals surface area contributed by atoms with Gasteiger partial charge in [-0.3, -0.25) is 9.59 Å². The quantitative estimate of drug-likeness (QED) is 0.573. The van der Waals surface area contributed by atoms with Gasteiger partial charge in [-0.05, 0) is 42.0 Å². The molecule has 5 N–H and O–H groups in total. The highest BCUT2D eigenvalue weighted by atomic mass is 32.2. The Balaban J connectivity index is 1.79. The molecule has 8 nitrogen and oxygen atoms in total. The monoisotopic (exact) mass is 376 g/mol. The van der Waals surface area contributed by atoms with Gasteiger partial charge in [0.2, 0.25) is 21.8 Å². The second kappa shape index (κ2) is 8.56. The molecular weight excluding hydrogens is 356 g/mol. The van der Waals surface area contributed by atoms with Crippen molar-refractivity contribution in [2.45, 2.75) is 18.4 Å². The first-order valence-electron chi connectivity index (χ1n) is 7.74. The summed E-state index contributed by atoms with van der Waals surface area (Å²) in [5.74, 6) is -0.387. The molecule has 0 atom stereocenters. The summed E-state index contributed by atoms with van der Waals surface area (Å²) in [6.45, 7) is 1.91. The van der Waals surface area contributed by atoms with Crippen molar-refractivity contribution < 1.29 is 18.0 Å². The molecule has 0 bridgehead atoms. The maximum Gasteiger partial charge on any atom is 0.238 e. The van der Waals surface area contributed by atoms with Gasteiger partial charge >= 0.3 is 0 Å². The van der Waals surface area contributed by atoms with Crippen molar-refractivity contribution in [3.63, 3.8) is 0 Å². The molecule has 0 radical (unpaired) electrons. The van der Waals surface area contributed by atoms with E-state index in [0.717, 1.165) is 5.56 Å². The van der Waals surface area contributed by atoms with Crippen LogP contribution in [0.4, 0.5) is 11.4 Å². The Morgan fingerprint density at radius 2 is 1.46 bits per heavy atom. The number of carbonyl (C=O) groups is 2. The van der Waals surface area contributed by atoms with Crippen molar-refractivity contribution in [1.29, 1.82) is 0 Å². The van der Waals surface area contributed by atoms with Gasteiger partial charge in [-0.15, -0.1) is 0 Å². The summed E-state index contributed by atoms with van der Waals surface area (Å²) in [6, 6.07) is 12.9. The molecule has 0 aromatic heterocycles. The highest BCUT2D eigenvalue weighted by Crippen LogP contribution is 2.13. The molecule has 0 aliphatic carbocycles. The summed E-state index contributed by atoms with van der Waals surface area (Å²) >= 11 is 0. The van der Waals surface area contributed by atoms with E-state index in [2.05, 4.69) is 16.0 Å². The van der Waals surface area contributed by atoms with Crippen molar-refractivity contribution >= 4 is 33.2 Å². The van der Waals surface area contributed by atoms with Gasteiger partial charge in [-0.2, -0.15) is 0 Å². The largest absolute Gasteiger partial charge is 0.326 e. The lowest BCUT2D eigenvalue weighted by Gasteiger charge is -2.08. The molecule has 2 aromatic rings. The van der Waals surface area contributed by atoms with E-state index in [1.54, 1.807) is 36.4 Å². The predicted octanol–water partition coefficient (Wildman–Crippen LogP) is 1.02. The minimum Gasteiger partial charge on any atom is -0.326 e. The Morgan fingerprint density at radius 3 is 1.96 bits per heavy atom. The number of nitrogens with two attached hydrogens (primary N) is 1. The lowest BCUT2D eigenvalue weighted by Crippen LogP contribution is -2.27. The van der Waals surface area contributed by atoms with Gasteiger partial charge in [0, 0.05) is 24.8 Å². The van der Waals surface area contributed by atoms with Crippen LogP contribution >= 0.6 is 0 Å². The van der Waals surface area contributed by atoms with Gasteiger partial charge < -0.3 is 16.0 Å². The summed E-state index contributed by atoms with van der Waals surface area (Å²) in [5.41, 5.74) is 2.09. The molecule has 0 saturated carbocycles. The average molecular weight is 376 g/mol. The minimum atomic E-state index is -3.71. The molecule has 0 spiro atoms. The third-order valence-corrected chi connectivity index (χ3v) is 4.28. The number of anilines is 2. The lowest BCUT2D eigenvalue weighted by molar-refractivity contribution is -0.115. The first-order chi connectivity index (χ1) is 12.2. The molecule has 0 fully saturated rings. The fourth-order valence-electron chi connectivity index (χ4n) is 2.16. The van der Waals surface area contributed by atoms with E-state index in [1.165, 1.54) is 19.1 Å². The van der Waals surface area contributed by atoms with E-state index in [1.807, 2.05) is 0 Å². The van der Waals surface area contributed by atoms with Crippen LogP contribution in [0.1, 0.15) is 12.5 Å². The van der Waals surface area contributed by atoms with Crippen LogP contribution < -0.4 is 21.1 Å². The van der Waals surface area contributed by atoms with E-state index in [9.17, 15) is 18.0 Å². The van der Waals surface area contributed by atoms with Crippen LogP contribution in [0.25, 0.3) is 0 Å². The molecule has 2 amide bonds. The molecule has 0 unspecified atom stereocenters. The fourth-order valence-corrected chi connectivity index (χ4v) is 2.68. The van der Waals surface area contributed by atoms with Crippen LogP contribution in [-0.4, -0.2) is 26.8 Å². The SMILES string of the molecule is CC(=O)Nc1ccc(NC(=O)CNCc2ccc(S(N)(=O)=O)cc2)cc1. The molecule has 0 saturated heterocycles. The van der Waals surface area contributed by atoms with Crippen molar-refractivity contribution in [2.75, 3.05) is 17.2 Å². The summed E-state index contributed by atoms with van der Waals surface area (Å²) in [7, 11) is -3.71. The molecule has 9 heteroatoms. The van der Waals surface area contributed by atoms with E-state index >= 15 is 0 Å². The Kier molecular flexibility index (Phi) is 6.45. The van der Waals surface area contributed by atoms with Gasteiger partial charge in [0.05, 0.1) is 11.4 Å². The Labute approximate surface area is 151 Å². The molecule has 2 rings (SSSR count). The van der Waals surface area contributed by atoms with Crippen molar-refractivity contribution in [3.05, 3.63) is 54.1 Å². The predicted molar refractivity (Wildman–Crippen MR) is 98.9 cm³/mol. The zero-order valence-electron chi connectivity index (χ0n) is 14.2. The van der Waals surface area contributed by atoms with Crippen LogP contribution in [-0.2, 0) is 26.2 Å². The zero-order chi connectivity index (χ0) is 19.2. The standard InChI is InChI=1S/C17H20N4O4S/c1-12(22)20-14-4-6-15(7-5-14)21-17(23)11-19-10-13-2-8-16(9-3-13)26(18,24)25/h2-9,19H,10-11H2,1H3,(H,20,22)(H,21,23)(H2,18,24,25). The smallest absolute Gasteiger partial charge is 0.238 e. The molecule has 138 valence electrons. The van der Waals surface area contributed by atoms with Gasteiger partial charge in [-0.1, -0.05) is 12.1 Å². The molecule has 2 aromatic carbocycles. The first-order valence-corrected chi connectivity index (χ1v) is 9.28. The Morgan fingerprint density at radius 1 is 0.923 bits per heavy atom. The van der Waals surface area contributed by atoms with Crippen molar-refractivity contribution in [1.82, 2.24) is 5.32 Å². The van der Waals surface area contributed by atoms with E-state index in [-0.39, 0.29) is 23.3 Å². The Bertz CT molecular complexity index is 878. The number of hydrogen-bond donors (Lipinski definition) is 4. The summed E-state index contributed by atoms with van der Waals surface area (Å²) in [5, 5.41) is 13.4. The molecule has 0 heterocycles. The van der Waals surface area contributed by atoms with Crippen molar-refractivity contribution in [2.24, 2.45) is 5.14 Å². The van der Waals surface area contributed by atoms with Gasteiger partial charge in [0.1, 0.15) is 0 Å². The number of benzene rings is 2. The van der Waals surface area contributed by atoms with Crippen LogP contribution in [0.15, 0.2) is 53.4 Å².